The molecule has 1 amide bonds. The van der Waals surface area contributed by atoms with Crippen molar-refractivity contribution in [2.45, 2.75) is 18.4 Å². The van der Waals surface area contributed by atoms with Gasteiger partial charge >= 0.3 is 0 Å². The predicted octanol–water partition coefficient (Wildman–Crippen LogP) is 1.49. The van der Waals surface area contributed by atoms with Crippen molar-refractivity contribution in [3.05, 3.63) is 47.8 Å². The van der Waals surface area contributed by atoms with E-state index in [0.29, 0.717) is 17.2 Å². The molecule has 0 radical (unpaired) electrons. The average Bonchev–Trinajstić information content (AvgIpc) is 2.99. The summed E-state index contributed by atoms with van der Waals surface area (Å²) in [7, 11) is 1.81. The van der Waals surface area contributed by atoms with Crippen LogP contribution in [0.2, 0.25) is 0 Å². The van der Waals surface area contributed by atoms with Crippen LogP contribution in [0.15, 0.2) is 36.7 Å². The number of aromatic nitrogens is 2. The number of nitrogens with zero attached hydrogens (tertiary/aromatic N) is 2. The van der Waals surface area contributed by atoms with Crippen LogP contribution in [0.5, 0.6) is 0 Å². The van der Waals surface area contributed by atoms with E-state index in [1.165, 1.54) is 5.56 Å². The van der Waals surface area contributed by atoms with Crippen LogP contribution in [0.4, 0.5) is 5.69 Å². The Hall–Kier alpha value is -2.14. The van der Waals surface area contributed by atoms with E-state index < -0.39 is 0 Å². The van der Waals surface area contributed by atoms with E-state index in [9.17, 15) is 4.79 Å². The summed E-state index contributed by atoms with van der Waals surface area (Å²) in [5.41, 5.74) is 8.36. The number of nitrogens with two attached hydrogens (primary N) is 1. The van der Waals surface area contributed by atoms with E-state index in [1.807, 2.05) is 31.3 Å². The highest BCUT2D eigenvalue weighted by atomic mass is 16.1. The molecule has 0 saturated heterocycles. The monoisotopic (exact) mass is 256 g/mol. The van der Waals surface area contributed by atoms with Gasteiger partial charge in [-0.05, 0) is 24.1 Å². The lowest BCUT2D eigenvalue weighted by Gasteiger charge is -2.04. The fraction of sp³-hybridized carbons (Fsp3) is 0.286. The number of nitrogens with one attached hydrogen (secondary N) is 1. The van der Waals surface area contributed by atoms with E-state index in [4.69, 9.17) is 5.73 Å². The lowest BCUT2D eigenvalue weighted by atomic mass is 10.1. The zero-order valence-corrected chi connectivity index (χ0v) is 10.7. The van der Waals surface area contributed by atoms with Crippen molar-refractivity contribution in [1.82, 2.24) is 9.78 Å². The maximum absolute atomic E-state index is 12.0. The summed E-state index contributed by atoms with van der Waals surface area (Å²) < 4.78 is 1.65. The highest BCUT2D eigenvalue weighted by Gasteiger charge is 2.34. The number of anilines is 1. The molecule has 2 atom stereocenters. The molecule has 19 heavy (non-hydrogen) atoms. The smallest absolute Gasteiger partial charge is 0.255 e. The number of hydrogen-bond acceptors (Lipinski definition) is 3. The van der Waals surface area contributed by atoms with E-state index in [-0.39, 0.29) is 11.9 Å². The van der Waals surface area contributed by atoms with Crippen LogP contribution < -0.4 is 11.1 Å². The Balaban J connectivity index is 1.69. The van der Waals surface area contributed by atoms with Crippen LogP contribution >= 0.6 is 0 Å². The van der Waals surface area contributed by atoms with Gasteiger partial charge in [0.25, 0.3) is 5.91 Å². The van der Waals surface area contributed by atoms with Crippen molar-refractivity contribution in [3.8, 4) is 0 Å². The van der Waals surface area contributed by atoms with Crippen molar-refractivity contribution < 1.29 is 4.79 Å². The molecule has 1 aromatic heterocycles. The van der Waals surface area contributed by atoms with Crippen molar-refractivity contribution in [2.24, 2.45) is 12.8 Å². The molecule has 1 fully saturated rings. The van der Waals surface area contributed by atoms with Gasteiger partial charge in [0.2, 0.25) is 0 Å². The summed E-state index contributed by atoms with van der Waals surface area (Å²) in [6.45, 7) is 0. The number of hydrogen-bond donors (Lipinski definition) is 2. The lowest BCUT2D eigenvalue weighted by molar-refractivity contribution is 0.102. The Bertz CT molecular complexity index is 602. The average molecular weight is 256 g/mol. The largest absolute Gasteiger partial charge is 0.327 e. The van der Waals surface area contributed by atoms with Gasteiger partial charge < -0.3 is 11.1 Å². The Morgan fingerprint density at radius 2 is 2.11 bits per heavy atom. The Morgan fingerprint density at radius 1 is 1.42 bits per heavy atom. The molecule has 2 aromatic rings. The van der Waals surface area contributed by atoms with Crippen LogP contribution in [0.3, 0.4) is 0 Å². The third kappa shape index (κ3) is 2.51. The molecule has 0 bridgehead atoms. The quantitative estimate of drug-likeness (QED) is 0.873. The van der Waals surface area contributed by atoms with E-state index >= 15 is 0 Å². The first-order valence-electron chi connectivity index (χ1n) is 6.29. The Labute approximate surface area is 111 Å². The minimum Gasteiger partial charge on any atom is -0.327 e. The Kier molecular flexibility index (Phi) is 2.83. The zero-order valence-electron chi connectivity index (χ0n) is 10.7. The molecule has 3 rings (SSSR count). The molecule has 0 aliphatic heterocycles. The van der Waals surface area contributed by atoms with Gasteiger partial charge in [0.1, 0.15) is 0 Å². The molecule has 0 spiro atoms. The number of rotatable bonds is 3. The van der Waals surface area contributed by atoms with E-state index in [2.05, 4.69) is 10.4 Å². The standard InChI is InChI=1S/C14H16N4O/c1-18-8-11(7-16-18)17-14(19)10-4-2-9(3-5-10)12-6-13(12)15/h2-5,7-8,12-13H,6,15H2,1H3,(H,17,19)/t12-,13+/m0/s1. The first-order valence-corrected chi connectivity index (χ1v) is 6.29. The summed E-state index contributed by atoms with van der Waals surface area (Å²) >= 11 is 0. The van der Waals surface area contributed by atoms with E-state index in [1.54, 1.807) is 17.1 Å². The first-order chi connectivity index (χ1) is 9.13. The SMILES string of the molecule is Cn1cc(NC(=O)c2ccc([C@@H]3C[C@H]3N)cc2)cn1. The highest BCUT2D eigenvalue weighted by molar-refractivity contribution is 6.04. The van der Waals surface area contributed by atoms with Gasteiger partial charge in [0.05, 0.1) is 11.9 Å². The van der Waals surface area contributed by atoms with Gasteiger partial charge in [-0.1, -0.05) is 12.1 Å². The van der Waals surface area contributed by atoms with Gasteiger partial charge in [-0.25, -0.2) is 0 Å². The number of amides is 1. The molecule has 1 aliphatic carbocycles. The summed E-state index contributed by atoms with van der Waals surface area (Å²) in [6, 6.07) is 7.93. The lowest BCUT2D eigenvalue weighted by Crippen LogP contribution is -2.11. The second-order valence-electron chi connectivity index (χ2n) is 4.98. The molecule has 1 aromatic carbocycles. The maximum atomic E-state index is 12.0. The second kappa shape index (κ2) is 4.51. The van der Waals surface area contributed by atoms with Crippen LogP contribution in [-0.4, -0.2) is 21.7 Å². The molecule has 1 saturated carbocycles. The minimum atomic E-state index is -0.125. The van der Waals surface area contributed by atoms with Gasteiger partial charge in [-0.2, -0.15) is 5.10 Å². The molecule has 3 N–H and O–H groups in total. The number of benzene rings is 1. The van der Waals surface area contributed by atoms with Crippen molar-refractivity contribution in [1.29, 1.82) is 0 Å². The zero-order chi connectivity index (χ0) is 13.4. The summed E-state index contributed by atoms with van der Waals surface area (Å²) in [4.78, 5) is 12.0. The molecule has 5 heteroatoms. The summed E-state index contributed by atoms with van der Waals surface area (Å²) in [6.07, 6.45) is 4.42. The third-order valence-electron chi connectivity index (χ3n) is 3.40. The van der Waals surface area contributed by atoms with Crippen molar-refractivity contribution in [3.63, 3.8) is 0 Å². The molecule has 98 valence electrons. The molecule has 1 heterocycles. The van der Waals surface area contributed by atoms with Crippen molar-refractivity contribution in [2.75, 3.05) is 5.32 Å². The Morgan fingerprint density at radius 3 is 2.63 bits per heavy atom. The van der Waals surface area contributed by atoms with Crippen LogP contribution in [0, 0.1) is 0 Å². The molecular weight excluding hydrogens is 240 g/mol. The first kappa shape index (κ1) is 11.9. The van der Waals surface area contributed by atoms with Crippen LogP contribution in [-0.2, 0) is 7.05 Å². The molecule has 1 aliphatic rings. The maximum Gasteiger partial charge on any atom is 0.255 e. The minimum absolute atomic E-state index is 0.125. The van der Waals surface area contributed by atoms with Gasteiger partial charge in [-0.3, -0.25) is 9.48 Å². The highest BCUT2D eigenvalue weighted by Crippen LogP contribution is 2.38. The van der Waals surface area contributed by atoms with Gasteiger partial charge in [0, 0.05) is 30.8 Å². The number of carbonyl (C=O) groups is 1. The summed E-state index contributed by atoms with van der Waals surface area (Å²) in [5, 5.41) is 6.81. The summed E-state index contributed by atoms with van der Waals surface area (Å²) in [5.74, 6) is 0.343. The number of aryl methyl sites for hydroxylation is 1. The van der Waals surface area contributed by atoms with Crippen LogP contribution in [0.25, 0.3) is 0 Å². The predicted molar refractivity (Wildman–Crippen MR) is 72.9 cm³/mol. The van der Waals surface area contributed by atoms with Gasteiger partial charge in [0.15, 0.2) is 0 Å². The van der Waals surface area contributed by atoms with E-state index in [0.717, 1.165) is 6.42 Å². The fourth-order valence-electron chi connectivity index (χ4n) is 2.17. The third-order valence-corrected chi connectivity index (χ3v) is 3.40. The second-order valence-corrected chi connectivity index (χ2v) is 4.98. The van der Waals surface area contributed by atoms with Crippen LogP contribution in [0.1, 0.15) is 28.3 Å². The molecular formula is C14H16N4O. The fourth-order valence-corrected chi connectivity index (χ4v) is 2.17. The molecule has 0 unspecified atom stereocenters. The van der Waals surface area contributed by atoms with Crippen molar-refractivity contribution >= 4 is 11.6 Å². The number of carbonyl (C=O) groups excluding carboxylic acids is 1. The topological polar surface area (TPSA) is 72.9 Å². The molecule has 5 nitrogen and oxygen atoms in total. The normalized spacial score (nSPS) is 21.2. The van der Waals surface area contributed by atoms with Gasteiger partial charge in [-0.15, -0.1) is 0 Å².